The van der Waals surface area contributed by atoms with Crippen LogP contribution >= 0.6 is 0 Å². The largest absolute Gasteiger partial charge is 0.384 e. The maximum absolute atomic E-state index is 10.8. The lowest BCUT2D eigenvalue weighted by atomic mass is 9.90. The van der Waals surface area contributed by atoms with Gasteiger partial charge in [-0.15, -0.1) is 0 Å². The van der Waals surface area contributed by atoms with Crippen LogP contribution in [-0.2, 0) is 18.4 Å². The van der Waals surface area contributed by atoms with E-state index in [-0.39, 0.29) is 0 Å². The van der Waals surface area contributed by atoms with Crippen molar-refractivity contribution < 1.29 is 5.11 Å². The summed E-state index contributed by atoms with van der Waals surface area (Å²) >= 11 is 0. The van der Waals surface area contributed by atoms with Crippen molar-refractivity contribution in [1.82, 2.24) is 0 Å². The van der Waals surface area contributed by atoms with Crippen LogP contribution in [0.25, 0.3) is 0 Å². The molecule has 0 atom stereocenters. The summed E-state index contributed by atoms with van der Waals surface area (Å²) in [6.45, 7) is 2.06. The van der Waals surface area contributed by atoms with Crippen LogP contribution in [0.5, 0.6) is 0 Å². The van der Waals surface area contributed by atoms with Crippen LogP contribution in [0.3, 0.4) is 0 Å². The normalized spacial score (nSPS) is 16.8. The number of fused-ring (bicyclic) bond motifs is 1. The van der Waals surface area contributed by atoms with Crippen molar-refractivity contribution in [1.29, 1.82) is 0 Å². The molecule has 0 aliphatic heterocycles. The van der Waals surface area contributed by atoms with Gasteiger partial charge in [-0.1, -0.05) is 54.1 Å². The zero-order valence-electron chi connectivity index (χ0n) is 9.98. The maximum Gasteiger partial charge on any atom is 0.0977 e. The van der Waals surface area contributed by atoms with Gasteiger partial charge in [-0.05, 0) is 23.6 Å². The van der Waals surface area contributed by atoms with E-state index in [1.54, 1.807) is 0 Å². The summed E-state index contributed by atoms with van der Waals surface area (Å²) in [5.41, 5.74) is 4.07. The lowest BCUT2D eigenvalue weighted by Crippen LogP contribution is -2.26. The molecular formula is C16H16O. The highest BCUT2D eigenvalue weighted by atomic mass is 16.3. The van der Waals surface area contributed by atoms with Gasteiger partial charge in [0.05, 0.1) is 5.60 Å². The van der Waals surface area contributed by atoms with Gasteiger partial charge in [-0.25, -0.2) is 0 Å². The second-order valence-electron chi connectivity index (χ2n) is 5.02. The van der Waals surface area contributed by atoms with Gasteiger partial charge in [0.25, 0.3) is 0 Å². The van der Waals surface area contributed by atoms with Crippen molar-refractivity contribution >= 4 is 0 Å². The Morgan fingerprint density at radius 2 is 1.59 bits per heavy atom. The Kier molecular flexibility index (Phi) is 2.30. The van der Waals surface area contributed by atoms with E-state index in [1.807, 2.05) is 24.3 Å². The molecule has 1 nitrogen and oxygen atoms in total. The third kappa shape index (κ3) is 1.77. The minimum atomic E-state index is -0.713. The first-order chi connectivity index (χ1) is 8.17. The van der Waals surface area contributed by atoms with Crippen molar-refractivity contribution in [3.05, 3.63) is 70.8 Å². The van der Waals surface area contributed by atoms with Crippen LogP contribution in [0, 0.1) is 6.92 Å². The van der Waals surface area contributed by atoms with E-state index in [9.17, 15) is 5.11 Å². The number of hydrogen-bond donors (Lipinski definition) is 1. The molecule has 0 aromatic heterocycles. The fourth-order valence-electron chi connectivity index (χ4n) is 2.73. The summed E-state index contributed by atoms with van der Waals surface area (Å²) in [5, 5.41) is 10.8. The summed E-state index contributed by atoms with van der Waals surface area (Å²) in [5.74, 6) is 0. The second-order valence-corrected chi connectivity index (χ2v) is 5.02. The van der Waals surface area contributed by atoms with Gasteiger partial charge in [0.2, 0.25) is 0 Å². The fourth-order valence-corrected chi connectivity index (χ4v) is 2.73. The van der Waals surface area contributed by atoms with E-state index in [2.05, 4.69) is 31.2 Å². The number of aryl methyl sites for hydroxylation is 1. The first-order valence-corrected chi connectivity index (χ1v) is 6.04. The van der Waals surface area contributed by atoms with E-state index in [0.29, 0.717) is 0 Å². The summed E-state index contributed by atoms with van der Waals surface area (Å²) < 4.78 is 0. The van der Waals surface area contributed by atoms with Crippen LogP contribution in [0.2, 0.25) is 0 Å². The molecule has 1 N–H and O–H groups in total. The summed E-state index contributed by atoms with van der Waals surface area (Å²) in [6.07, 6.45) is 1.46. The topological polar surface area (TPSA) is 20.2 Å². The van der Waals surface area contributed by atoms with Crippen LogP contribution in [-0.4, -0.2) is 5.11 Å². The molecule has 1 aliphatic rings. The zero-order valence-corrected chi connectivity index (χ0v) is 9.98. The molecule has 0 saturated heterocycles. The van der Waals surface area contributed by atoms with Gasteiger partial charge in [-0.3, -0.25) is 0 Å². The van der Waals surface area contributed by atoms with E-state index >= 15 is 0 Å². The van der Waals surface area contributed by atoms with Crippen molar-refractivity contribution in [3.8, 4) is 0 Å². The van der Waals surface area contributed by atoms with Crippen molar-refractivity contribution in [2.45, 2.75) is 25.4 Å². The minimum Gasteiger partial charge on any atom is -0.384 e. The average Bonchev–Trinajstić information content (AvgIpc) is 2.66. The molecule has 1 aliphatic carbocycles. The Hall–Kier alpha value is -1.60. The molecule has 0 spiro atoms. The minimum absolute atomic E-state index is 0.713. The first-order valence-electron chi connectivity index (χ1n) is 6.04. The Morgan fingerprint density at radius 1 is 0.941 bits per heavy atom. The van der Waals surface area contributed by atoms with Gasteiger partial charge in [0, 0.05) is 12.8 Å². The van der Waals surface area contributed by atoms with Gasteiger partial charge in [0.1, 0.15) is 0 Å². The number of benzene rings is 2. The van der Waals surface area contributed by atoms with Crippen molar-refractivity contribution in [2.75, 3.05) is 0 Å². The molecule has 0 radical (unpaired) electrons. The second kappa shape index (κ2) is 3.71. The molecule has 0 bridgehead atoms. The van der Waals surface area contributed by atoms with E-state index in [4.69, 9.17) is 0 Å². The van der Waals surface area contributed by atoms with Gasteiger partial charge >= 0.3 is 0 Å². The number of aliphatic hydroxyl groups is 1. The average molecular weight is 224 g/mol. The molecule has 3 rings (SSSR count). The Labute approximate surface area is 102 Å². The SMILES string of the molecule is Cc1cccc(C2(O)Cc3ccccc3C2)c1. The maximum atomic E-state index is 10.8. The quantitative estimate of drug-likeness (QED) is 0.789. The molecule has 2 aromatic carbocycles. The van der Waals surface area contributed by atoms with Crippen LogP contribution in [0.1, 0.15) is 22.3 Å². The van der Waals surface area contributed by atoms with E-state index in [1.165, 1.54) is 16.7 Å². The molecule has 0 unspecified atom stereocenters. The summed E-state index contributed by atoms with van der Waals surface area (Å²) in [7, 11) is 0. The molecular weight excluding hydrogens is 208 g/mol. The molecule has 2 aromatic rings. The number of hydrogen-bond acceptors (Lipinski definition) is 1. The smallest absolute Gasteiger partial charge is 0.0977 e. The standard InChI is InChI=1S/C16H16O/c1-12-5-4-8-15(9-12)16(17)10-13-6-2-3-7-14(13)11-16/h2-9,17H,10-11H2,1H3. The molecule has 0 fully saturated rings. The van der Waals surface area contributed by atoms with E-state index in [0.717, 1.165) is 18.4 Å². The lowest BCUT2D eigenvalue weighted by molar-refractivity contribution is 0.0482. The van der Waals surface area contributed by atoms with Crippen molar-refractivity contribution in [2.24, 2.45) is 0 Å². The predicted molar refractivity (Wildman–Crippen MR) is 68.9 cm³/mol. The predicted octanol–water partition coefficient (Wildman–Crippen LogP) is 2.98. The summed E-state index contributed by atoms with van der Waals surface area (Å²) in [6, 6.07) is 16.5. The molecule has 1 heteroatoms. The fraction of sp³-hybridized carbons (Fsp3) is 0.250. The Morgan fingerprint density at radius 3 is 2.18 bits per heavy atom. The highest BCUT2D eigenvalue weighted by Gasteiger charge is 2.36. The van der Waals surface area contributed by atoms with Gasteiger partial charge in [0.15, 0.2) is 0 Å². The third-order valence-corrected chi connectivity index (χ3v) is 3.64. The number of rotatable bonds is 1. The monoisotopic (exact) mass is 224 g/mol. The molecule has 86 valence electrons. The lowest BCUT2D eigenvalue weighted by Gasteiger charge is -2.23. The zero-order chi connectivity index (χ0) is 11.9. The summed E-state index contributed by atoms with van der Waals surface area (Å²) in [4.78, 5) is 0. The first kappa shape index (κ1) is 10.5. The van der Waals surface area contributed by atoms with Crippen LogP contribution < -0.4 is 0 Å². The van der Waals surface area contributed by atoms with Gasteiger partial charge in [-0.2, -0.15) is 0 Å². The Bertz CT molecular complexity index is 532. The van der Waals surface area contributed by atoms with Gasteiger partial charge < -0.3 is 5.11 Å². The van der Waals surface area contributed by atoms with E-state index < -0.39 is 5.60 Å². The molecule has 17 heavy (non-hydrogen) atoms. The van der Waals surface area contributed by atoms with Crippen LogP contribution in [0.4, 0.5) is 0 Å². The third-order valence-electron chi connectivity index (χ3n) is 3.64. The highest BCUT2D eigenvalue weighted by Crippen LogP contribution is 2.37. The Balaban J connectivity index is 2.01. The molecule has 0 amide bonds. The van der Waals surface area contributed by atoms with Crippen molar-refractivity contribution in [3.63, 3.8) is 0 Å². The van der Waals surface area contributed by atoms with Crippen LogP contribution in [0.15, 0.2) is 48.5 Å². The highest BCUT2D eigenvalue weighted by molar-refractivity contribution is 5.40. The molecule has 0 saturated carbocycles. The molecule has 0 heterocycles.